The molecular weight excluding hydrogens is 438 g/mol. The molecule has 1 aliphatic heterocycles. The molecule has 1 N–H and O–H groups in total. The number of ether oxygens (including phenoxy) is 1. The number of hydrogen-bond donors (Lipinski definition) is 1. The van der Waals surface area contributed by atoms with Crippen molar-refractivity contribution >= 4 is 21.9 Å². The van der Waals surface area contributed by atoms with E-state index in [1.165, 1.54) is 17.7 Å². The smallest absolute Gasteiger partial charge is 0.294 e. The molecule has 6 nitrogen and oxygen atoms in total. The molecule has 1 heterocycles. The van der Waals surface area contributed by atoms with Crippen molar-refractivity contribution in [3.8, 4) is 5.75 Å². The van der Waals surface area contributed by atoms with E-state index in [1.807, 2.05) is 42.3 Å². The van der Waals surface area contributed by atoms with Gasteiger partial charge in [-0.3, -0.25) is 9.39 Å². The second-order valence-electron chi connectivity index (χ2n) is 7.33. The predicted octanol–water partition coefficient (Wildman–Crippen LogP) is 5.46. The van der Waals surface area contributed by atoms with E-state index in [9.17, 15) is 8.42 Å². The highest BCUT2D eigenvalue weighted by molar-refractivity contribution is 7.85. The molecule has 0 aliphatic carbocycles. The van der Waals surface area contributed by atoms with Crippen LogP contribution in [0.3, 0.4) is 0 Å². The van der Waals surface area contributed by atoms with Gasteiger partial charge in [0.2, 0.25) is 0 Å². The number of nitrogens with zero attached hydrogens (tertiary/aromatic N) is 1. The Labute approximate surface area is 195 Å². The molecule has 0 saturated carbocycles. The van der Waals surface area contributed by atoms with Crippen LogP contribution < -0.4 is 9.80 Å². The Morgan fingerprint density at radius 1 is 0.909 bits per heavy atom. The Bertz CT molecular complexity index is 1230. The van der Waals surface area contributed by atoms with Gasteiger partial charge in [-0.15, -0.1) is 0 Å². The van der Waals surface area contributed by atoms with E-state index >= 15 is 0 Å². The molecule has 1 aliphatic rings. The summed E-state index contributed by atoms with van der Waals surface area (Å²) in [5.41, 5.74) is 5.49. The van der Waals surface area contributed by atoms with Gasteiger partial charge in [-0.25, -0.2) is 5.06 Å². The van der Waals surface area contributed by atoms with Gasteiger partial charge in [-0.1, -0.05) is 60.2 Å². The monoisotopic (exact) mass is 465 g/mol. The average Bonchev–Trinajstić information content (AvgIpc) is 2.82. The number of aryl methyl sites for hydroxylation is 1. The minimum Gasteiger partial charge on any atom is -0.497 e. The normalized spacial score (nSPS) is 13.1. The maximum absolute atomic E-state index is 10.5. The van der Waals surface area contributed by atoms with Crippen LogP contribution in [0.5, 0.6) is 5.75 Å². The summed E-state index contributed by atoms with van der Waals surface area (Å²) in [4.78, 5) is 5.48. The van der Waals surface area contributed by atoms with Crippen LogP contribution in [0.15, 0.2) is 95.5 Å². The van der Waals surface area contributed by atoms with Gasteiger partial charge in [0.1, 0.15) is 5.75 Å². The maximum atomic E-state index is 10.5. The van der Waals surface area contributed by atoms with E-state index in [2.05, 4.69) is 36.4 Å². The number of anilines is 1. The van der Waals surface area contributed by atoms with Crippen molar-refractivity contribution in [1.29, 1.82) is 0 Å². The third-order valence-electron chi connectivity index (χ3n) is 5.04. The summed E-state index contributed by atoms with van der Waals surface area (Å²) in [6, 6.07) is 22.3. The van der Waals surface area contributed by atoms with Crippen LogP contribution in [0.1, 0.15) is 16.7 Å². The lowest BCUT2D eigenvalue weighted by Gasteiger charge is -2.28. The number of rotatable bonds is 5. The minimum absolute atomic E-state index is 0.0666. The Kier molecular flexibility index (Phi) is 8.06. The first-order valence-electron chi connectivity index (χ1n) is 10.3. The number of para-hydroxylation sites is 1. The molecule has 0 radical (unpaired) electrons. The highest BCUT2D eigenvalue weighted by Gasteiger charge is 2.17. The van der Waals surface area contributed by atoms with E-state index in [0.29, 0.717) is 0 Å². The van der Waals surface area contributed by atoms with Crippen LogP contribution in [0.25, 0.3) is 6.08 Å². The predicted molar refractivity (Wildman–Crippen MR) is 131 cm³/mol. The fourth-order valence-corrected chi connectivity index (χ4v) is 3.74. The summed E-state index contributed by atoms with van der Waals surface area (Å²) >= 11 is 0. The summed E-state index contributed by atoms with van der Waals surface area (Å²) in [6.45, 7) is 1.84. The van der Waals surface area contributed by atoms with E-state index in [4.69, 9.17) is 14.1 Å². The molecule has 172 valence electrons. The molecule has 4 rings (SSSR count). The SMILES string of the molecule is COc1ccc(C=CC2=CCc3ccccc3N2OC)cc1.Cc1ccc(S(=O)(=O)O)cc1. The van der Waals surface area contributed by atoms with Gasteiger partial charge in [0, 0.05) is 0 Å². The Morgan fingerprint density at radius 2 is 1.58 bits per heavy atom. The molecule has 0 spiro atoms. The molecule has 3 aromatic carbocycles. The van der Waals surface area contributed by atoms with Gasteiger partial charge in [-0.05, 0) is 60.9 Å². The summed E-state index contributed by atoms with van der Waals surface area (Å²) in [6.07, 6.45) is 7.23. The fourth-order valence-electron chi connectivity index (χ4n) is 3.26. The van der Waals surface area contributed by atoms with Gasteiger partial charge in [0.25, 0.3) is 10.1 Å². The summed E-state index contributed by atoms with van der Waals surface area (Å²) in [5, 5.41) is 1.86. The highest BCUT2D eigenvalue weighted by atomic mass is 32.2. The van der Waals surface area contributed by atoms with E-state index < -0.39 is 10.1 Å². The lowest BCUT2D eigenvalue weighted by molar-refractivity contribution is 0.189. The van der Waals surface area contributed by atoms with Gasteiger partial charge < -0.3 is 4.74 Å². The Morgan fingerprint density at radius 3 is 2.18 bits per heavy atom. The molecule has 0 bridgehead atoms. The molecule has 0 aromatic heterocycles. The number of allylic oxidation sites excluding steroid dienone is 2. The van der Waals surface area contributed by atoms with E-state index in [0.717, 1.165) is 34.7 Å². The molecule has 0 atom stereocenters. The number of benzene rings is 3. The van der Waals surface area contributed by atoms with Gasteiger partial charge in [-0.2, -0.15) is 8.42 Å². The van der Waals surface area contributed by atoms with Crippen LogP contribution in [0.4, 0.5) is 5.69 Å². The Hall–Kier alpha value is -3.39. The van der Waals surface area contributed by atoms with Crippen LogP contribution in [0.2, 0.25) is 0 Å². The van der Waals surface area contributed by atoms with Gasteiger partial charge in [0.15, 0.2) is 0 Å². The summed E-state index contributed by atoms with van der Waals surface area (Å²) < 4.78 is 34.7. The molecule has 0 fully saturated rings. The fraction of sp³-hybridized carbons (Fsp3) is 0.154. The molecular formula is C26H27NO5S. The maximum Gasteiger partial charge on any atom is 0.294 e. The number of hydrogen-bond acceptors (Lipinski definition) is 5. The molecule has 7 heteroatoms. The van der Waals surface area contributed by atoms with Gasteiger partial charge >= 0.3 is 0 Å². The van der Waals surface area contributed by atoms with E-state index in [1.54, 1.807) is 26.4 Å². The van der Waals surface area contributed by atoms with Crippen LogP contribution in [-0.4, -0.2) is 27.2 Å². The molecule has 0 amide bonds. The van der Waals surface area contributed by atoms with Crippen molar-refractivity contribution in [2.75, 3.05) is 19.3 Å². The van der Waals surface area contributed by atoms with Crippen molar-refractivity contribution in [2.45, 2.75) is 18.2 Å². The standard InChI is InChI=1S/C19H19NO2.C7H8O3S/c1-21-18-13-8-15(9-14-18)7-11-17-12-10-16-5-3-4-6-19(16)20(17)22-2;1-6-2-4-7(5-3-6)11(8,9)10/h3-9,11-14H,10H2,1-2H3;2-5H,1H3,(H,8,9,10). The minimum atomic E-state index is -4.02. The van der Waals surface area contributed by atoms with Crippen molar-refractivity contribution in [2.24, 2.45) is 0 Å². The highest BCUT2D eigenvalue weighted by Crippen LogP contribution is 2.30. The zero-order valence-corrected chi connectivity index (χ0v) is 19.6. The van der Waals surface area contributed by atoms with Crippen LogP contribution in [-0.2, 0) is 21.4 Å². The molecule has 3 aromatic rings. The quantitative estimate of drug-likeness (QED) is 0.505. The Balaban J connectivity index is 0.000000235. The van der Waals surface area contributed by atoms with Crippen LogP contribution >= 0.6 is 0 Å². The second-order valence-corrected chi connectivity index (χ2v) is 8.75. The molecule has 0 unspecified atom stereocenters. The van der Waals surface area contributed by atoms with Crippen molar-refractivity contribution in [3.05, 3.63) is 107 Å². The average molecular weight is 466 g/mol. The van der Waals surface area contributed by atoms with Crippen molar-refractivity contribution in [3.63, 3.8) is 0 Å². The second kappa shape index (κ2) is 11.0. The lowest BCUT2D eigenvalue weighted by Crippen LogP contribution is -2.24. The molecule has 33 heavy (non-hydrogen) atoms. The van der Waals surface area contributed by atoms with Crippen molar-refractivity contribution < 1.29 is 22.5 Å². The lowest BCUT2D eigenvalue weighted by atomic mass is 10.0. The zero-order chi connectivity index (χ0) is 23.8. The first-order valence-corrected chi connectivity index (χ1v) is 11.7. The number of methoxy groups -OCH3 is 1. The number of hydroxylamine groups is 1. The van der Waals surface area contributed by atoms with Crippen molar-refractivity contribution in [1.82, 2.24) is 0 Å². The first kappa shape index (κ1) is 24.3. The third-order valence-corrected chi connectivity index (χ3v) is 5.91. The summed E-state index contributed by atoms with van der Waals surface area (Å²) in [5.74, 6) is 0.862. The van der Waals surface area contributed by atoms with Gasteiger partial charge in [0.05, 0.1) is 30.5 Å². The topological polar surface area (TPSA) is 76.1 Å². The zero-order valence-electron chi connectivity index (χ0n) is 18.8. The third kappa shape index (κ3) is 6.55. The summed E-state index contributed by atoms with van der Waals surface area (Å²) in [7, 11) is -0.656. The first-order chi connectivity index (χ1) is 15.8. The largest absolute Gasteiger partial charge is 0.497 e. The van der Waals surface area contributed by atoms with E-state index in [-0.39, 0.29) is 4.90 Å². The molecule has 0 saturated heterocycles. The number of fused-ring (bicyclic) bond motifs is 1. The van der Waals surface area contributed by atoms with Crippen LogP contribution in [0, 0.1) is 6.92 Å².